The molecule has 124 valence electrons. The standard InChI is InChI=1S/C20H15NO4/c1-12-7-17-16(9-19(22)25-18(17)8-13(12)2)11-24-20(23)15-5-3-14(10-21)4-6-15/h3-9H,11H2,1-2H3. The highest BCUT2D eigenvalue weighted by Crippen LogP contribution is 2.22. The molecular weight excluding hydrogens is 318 g/mol. The van der Waals surface area contributed by atoms with Crippen LogP contribution < -0.4 is 5.63 Å². The molecule has 1 heterocycles. The van der Waals surface area contributed by atoms with Gasteiger partial charge in [-0.3, -0.25) is 0 Å². The van der Waals surface area contributed by atoms with E-state index < -0.39 is 11.6 Å². The van der Waals surface area contributed by atoms with Crippen LogP contribution in [0, 0.1) is 25.2 Å². The first kappa shape index (κ1) is 16.5. The molecule has 3 rings (SSSR count). The highest BCUT2D eigenvalue weighted by molar-refractivity contribution is 5.90. The van der Waals surface area contributed by atoms with Gasteiger partial charge in [-0.25, -0.2) is 9.59 Å². The summed E-state index contributed by atoms with van der Waals surface area (Å²) < 4.78 is 10.5. The molecule has 0 unspecified atom stereocenters. The summed E-state index contributed by atoms with van der Waals surface area (Å²) in [7, 11) is 0. The minimum absolute atomic E-state index is 0.0383. The number of carbonyl (C=O) groups is 1. The normalized spacial score (nSPS) is 10.4. The number of benzene rings is 2. The van der Waals surface area contributed by atoms with Gasteiger partial charge in [-0.05, 0) is 61.4 Å². The van der Waals surface area contributed by atoms with Crippen LogP contribution in [0.2, 0.25) is 0 Å². The fourth-order valence-corrected chi connectivity index (χ4v) is 2.51. The van der Waals surface area contributed by atoms with E-state index >= 15 is 0 Å². The molecule has 0 radical (unpaired) electrons. The van der Waals surface area contributed by atoms with Crippen LogP contribution in [0.15, 0.2) is 51.7 Å². The summed E-state index contributed by atoms with van der Waals surface area (Å²) in [6, 6.07) is 13.2. The van der Waals surface area contributed by atoms with E-state index in [0.29, 0.717) is 22.3 Å². The van der Waals surface area contributed by atoms with Crippen molar-refractivity contribution in [1.82, 2.24) is 0 Å². The number of rotatable bonds is 3. The van der Waals surface area contributed by atoms with Crippen molar-refractivity contribution in [3.8, 4) is 6.07 Å². The summed E-state index contributed by atoms with van der Waals surface area (Å²) in [5.41, 5.74) is 3.47. The Morgan fingerprint density at radius 2 is 1.80 bits per heavy atom. The van der Waals surface area contributed by atoms with Gasteiger partial charge in [0.2, 0.25) is 0 Å². The molecular formula is C20H15NO4. The van der Waals surface area contributed by atoms with Gasteiger partial charge in [0.05, 0.1) is 17.2 Å². The van der Waals surface area contributed by atoms with Crippen molar-refractivity contribution < 1.29 is 13.9 Å². The average Bonchev–Trinajstić information content (AvgIpc) is 2.61. The van der Waals surface area contributed by atoms with Gasteiger partial charge in [0.15, 0.2) is 0 Å². The second-order valence-corrected chi connectivity index (χ2v) is 5.79. The molecule has 5 heteroatoms. The third-order valence-electron chi connectivity index (χ3n) is 4.05. The number of aryl methyl sites for hydroxylation is 2. The summed E-state index contributed by atoms with van der Waals surface area (Å²) in [4.78, 5) is 23.9. The molecule has 0 N–H and O–H groups in total. The topological polar surface area (TPSA) is 80.3 Å². The summed E-state index contributed by atoms with van der Waals surface area (Å²) in [6.07, 6.45) is 0. The number of hydrogen-bond acceptors (Lipinski definition) is 5. The van der Waals surface area contributed by atoms with Crippen molar-refractivity contribution in [1.29, 1.82) is 5.26 Å². The molecule has 2 aromatic carbocycles. The smallest absolute Gasteiger partial charge is 0.338 e. The molecule has 5 nitrogen and oxygen atoms in total. The molecule has 0 atom stereocenters. The molecule has 0 saturated heterocycles. The molecule has 0 aliphatic rings. The van der Waals surface area contributed by atoms with Gasteiger partial charge in [-0.1, -0.05) is 0 Å². The highest BCUT2D eigenvalue weighted by atomic mass is 16.5. The Bertz CT molecular complexity index is 1060. The Morgan fingerprint density at radius 3 is 2.48 bits per heavy atom. The molecule has 0 spiro atoms. The third-order valence-corrected chi connectivity index (χ3v) is 4.05. The van der Waals surface area contributed by atoms with Crippen LogP contribution in [0.1, 0.15) is 32.6 Å². The highest BCUT2D eigenvalue weighted by Gasteiger charge is 2.12. The maximum absolute atomic E-state index is 12.2. The van der Waals surface area contributed by atoms with E-state index in [1.54, 1.807) is 18.2 Å². The Hall–Kier alpha value is -3.39. The van der Waals surface area contributed by atoms with E-state index in [9.17, 15) is 9.59 Å². The summed E-state index contributed by atoms with van der Waals surface area (Å²) in [5.74, 6) is -0.519. The SMILES string of the molecule is Cc1cc2oc(=O)cc(COC(=O)c3ccc(C#N)cc3)c2cc1C. The first-order valence-corrected chi connectivity index (χ1v) is 7.69. The van der Waals surface area contributed by atoms with Crippen LogP contribution in [0.4, 0.5) is 0 Å². The fraction of sp³-hybridized carbons (Fsp3) is 0.150. The summed E-state index contributed by atoms with van der Waals surface area (Å²) in [5, 5.41) is 9.53. The maximum atomic E-state index is 12.2. The molecule has 0 bridgehead atoms. The second kappa shape index (κ2) is 6.62. The Kier molecular flexibility index (Phi) is 4.36. The van der Waals surface area contributed by atoms with Crippen molar-refractivity contribution in [2.75, 3.05) is 0 Å². The molecule has 0 fully saturated rings. The lowest BCUT2D eigenvalue weighted by Gasteiger charge is -2.09. The zero-order valence-electron chi connectivity index (χ0n) is 13.8. The number of nitriles is 1. The van der Waals surface area contributed by atoms with E-state index in [-0.39, 0.29) is 6.61 Å². The van der Waals surface area contributed by atoms with Gasteiger partial charge in [-0.15, -0.1) is 0 Å². The van der Waals surface area contributed by atoms with Crippen molar-refractivity contribution in [2.24, 2.45) is 0 Å². The average molecular weight is 333 g/mol. The number of nitrogens with zero attached hydrogens (tertiary/aromatic N) is 1. The molecule has 0 amide bonds. The molecule has 25 heavy (non-hydrogen) atoms. The van der Waals surface area contributed by atoms with Crippen LogP contribution in [-0.4, -0.2) is 5.97 Å². The largest absolute Gasteiger partial charge is 0.457 e. The van der Waals surface area contributed by atoms with Gasteiger partial charge in [0, 0.05) is 17.0 Å². The van der Waals surface area contributed by atoms with Crippen molar-refractivity contribution in [3.05, 3.63) is 80.7 Å². The van der Waals surface area contributed by atoms with Crippen molar-refractivity contribution >= 4 is 16.9 Å². The lowest BCUT2D eigenvalue weighted by atomic mass is 10.0. The van der Waals surface area contributed by atoms with E-state index in [2.05, 4.69) is 0 Å². The summed E-state index contributed by atoms with van der Waals surface area (Å²) >= 11 is 0. The predicted octanol–water partition coefficient (Wildman–Crippen LogP) is 3.64. The number of hydrogen-bond donors (Lipinski definition) is 0. The van der Waals surface area contributed by atoms with Gasteiger partial charge >= 0.3 is 11.6 Å². The fourth-order valence-electron chi connectivity index (χ4n) is 2.51. The van der Waals surface area contributed by atoms with E-state index in [4.69, 9.17) is 14.4 Å². The first-order chi connectivity index (χ1) is 12.0. The molecule has 3 aromatic rings. The minimum Gasteiger partial charge on any atom is -0.457 e. The lowest BCUT2D eigenvalue weighted by Crippen LogP contribution is -2.08. The van der Waals surface area contributed by atoms with Crippen LogP contribution in [0.5, 0.6) is 0 Å². The van der Waals surface area contributed by atoms with E-state index in [1.807, 2.05) is 26.0 Å². The zero-order chi connectivity index (χ0) is 18.0. The third kappa shape index (κ3) is 3.43. The van der Waals surface area contributed by atoms with Gasteiger partial charge in [0.25, 0.3) is 0 Å². The molecule has 1 aromatic heterocycles. The Morgan fingerprint density at radius 1 is 1.12 bits per heavy atom. The van der Waals surface area contributed by atoms with E-state index in [1.165, 1.54) is 18.2 Å². The predicted molar refractivity (Wildman–Crippen MR) is 92.2 cm³/mol. The van der Waals surface area contributed by atoms with E-state index in [0.717, 1.165) is 16.5 Å². The maximum Gasteiger partial charge on any atom is 0.338 e. The van der Waals surface area contributed by atoms with Gasteiger partial charge < -0.3 is 9.15 Å². The number of ether oxygens (including phenoxy) is 1. The summed E-state index contributed by atoms with van der Waals surface area (Å²) in [6.45, 7) is 3.86. The molecule has 0 aliphatic heterocycles. The second-order valence-electron chi connectivity index (χ2n) is 5.79. The zero-order valence-corrected chi connectivity index (χ0v) is 13.8. The van der Waals surface area contributed by atoms with Crippen LogP contribution in [0.3, 0.4) is 0 Å². The van der Waals surface area contributed by atoms with Gasteiger partial charge in [0.1, 0.15) is 12.2 Å². The van der Waals surface area contributed by atoms with Crippen LogP contribution in [-0.2, 0) is 11.3 Å². The Balaban J connectivity index is 1.87. The number of carbonyl (C=O) groups excluding carboxylic acids is 1. The number of esters is 1. The van der Waals surface area contributed by atoms with Crippen LogP contribution in [0.25, 0.3) is 11.0 Å². The molecule has 0 saturated carbocycles. The Labute approximate surface area is 144 Å². The van der Waals surface area contributed by atoms with Gasteiger partial charge in [-0.2, -0.15) is 5.26 Å². The minimum atomic E-state index is -0.519. The number of fused-ring (bicyclic) bond motifs is 1. The van der Waals surface area contributed by atoms with Crippen molar-refractivity contribution in [3.63, 3.8) is 0 Å². The monoisotopic (exact) mass is 333 g/mol. The van der Waals surface area contributed by atoms with Crippen LogP contribution >= 0.6 is 0 Å². The lowest BCUT2D eigenvalue weighted by molar-refractivity contribution is 0.0474. The first-order valence-electron chi connectivity index (χ1n) is 7.69. The van der Waals surface area contributed by atoms with Crippen molar-refractivity contribution in [2.45, 2.75) is 20.5 Å². The quantitative estimate of drug-likeness (QED) is 0.540. The molecule has 0 aliphatic carbocycles.